The van der Waals surface area contributed by atoms with Crippen molar-refractivity contribution in [3.63, 3.8) is 0 Å². The van der Waals surface area contributed by atoms with Crippen LogP contribution >= 0.6 is 0 Å². The van der Waals surface area contributed by atoms with Crippen LogP contribution in [0.5, 0.6) is 0 Å². The number of hydrogen-bond acceptors (Lipinski definition) is 5. The molecule has 0 radical (unpaired) electrons. The van der Waals surface area contributed by atoms with Gasteiger partial charge in [0.25, 0.3) is 0 Å². The fourth-order valence-electron chi connectivity index (χ4n) is 3.48. The van der Waals surface area contributed by atoms with Crippen LogP contribution < -0.4 is 4.90 Å². The summed E-state index contributed by atoms with van der Waals surface area (Å²) in [5.74, 6) is 1.07. The number of pyridine rings is 1. The lowest BCUT2D eigenvalue weighted by molar-refractivity contribution is -0.121. The summed E-state index contributed by atoms with van der Waals surface area (Å²) >= 11 is 0. The molecule has 1 aliphatic rings. The highest BCUT2D eigenvalue weighted by molar-refractivity contribution is 6.12. The van der Waals surface area contributed by atoms with Crippen LogP contribution in [0.15, 0.2) is 42.7 Å². The largest absolute Gasteiger partial charge is 0.296 e. The van der Waals surface area contributed by atoms with Gasteiger partial charge in [0.2, 0.25) is 5.91 Å². The number of aromatic nitrogens is 3. The zero-order chi connectivity index (χ0) is 20.1. The second-order valence-electron chi connectivity index (χ2n) is 7.51. The quantitative estimate of drug-likeness (QED) is 0.651. The second-order valence-corrected chi connectivity index (χ2v) is 7.51. The van der Waals surface area contributed by atoms with Crippen molar-refractivity contribution in [3.8, 4) is 11.1 Å². The number of benzene rings is 1. The van der Waals surface area contributed by atoms with Crippen LogP contribution in [0.3, 0.4) is 0 Å². The second kappa shape index (κ2) is 6.34. The Kier molecular flexibility index (Phi) is 4.07. The molecular formula is C22H20N4O2. The van der Waals surface area contributed by atoms with E-state index in [-0.39, 0.29) is 5.91 Å². The molecule has 0 N–H and O–H groups in total. The third kappa shape index (κ3) is 2.69. The number of nitrogens with zero attached hydrogens (tertiary/aromatic N) is 4. The Morgan fingerprint density at radius 1 is 1.00 bits per heavy atom. The maximum Gasteiger partial charge on any atom is 0.242 e. The standard InChI is InChI=1S/C22H20N4O2/c1-13-5-8-20(25-18(13)12-27)26-19-9-15(16-10-23-14(2)24-11-16)6-7-17(19)22(3,4)21(26)28/h5-12H,1-4H3. The number of carbonyl (C=O) groups is 2. The van der Waals surface area contributed by atoms with Crippen molar-refractivity contribution in [1.82, 2.24) is 15.0 Å². The van der Waals surface area contributed by atoms with Crippen molar-refractivity contribution < 1.29 is 9.59 Å². The lowest BCUT2D eigenvalue weighted by atomic mass is 9.85. The molecule has 0 unspecified atom stereocenters. The molecule has 0 saturated carbocycles. The number of anilines is 2. The number of aldehydes is 1. The van der Waals surface area contributed by atoms with Crippen molar-refractivity contribution >= 4 is 23.7 Å². The number of hydrogen-bond donors (Lipinski definition) is 0. The highest BCUT2D eigenvalue weighted by Gasteiger charge is 2.45. The SMILES string of the molecule is Cc1ncc(-c2ccc3c(c2)N(c2ccc(C)c(C=O)n2)C(=O)C3(C)C)cn1. The first-order chi connectivity index (χ1) is 13.3. The van der Waals surface area contributed by atoms with Crippen LogP contribution in [-0.4, -0.2) is 27.1 Å². The van der Waals surface area contributed by atoms with Crippen molar-refractivity contribution in [2.75, 3.05) is 4.90 Å². The predicted molar refractivity (Wildman–Crippen MR) is 107 cm³/mol. The Labute approximate surface area is 163 Å². The Morgan fingerprint density at radius 3 is 2.39 bits per heavy atom. The minimum absolute atomic E-state index is 0.0759. The van der Waals surface area contributed by atoms with E-state index in [1.54, 1.807) is 23.4 Å². The van der Waals surface area contributed by atoms with Gasteiger partial charge in [0.15, 0.2) is 6.29 Å². The first-order valence-corrected chi connectivity index (χ1v) is 9.04. The van der Waals surface area contributed by atoms with Gasteiger partial charge in [-0.3, -0.25) is 14.5 Å². The molecule has 0 bridgehead atoms. The lowest BCUT2D eigenvalue weighted by Gasteiger charge is -2.20. The van der Waals surface area contributed by atoms with E-state index in [1.807, 2.05) is 52.0 Å². The number of amides is 1. The summed E-state index contributed by atoms with van der Waals surface area (Å²) in [7, 11) is 0. The van der Waals surface area contributed by atoms with E-state index in [2.05, 4.69) is 15.0 Å². The van der Waals surface area contributed by atoms with Gasteiger partial charge < -0.3 is 0 Å². The molecule has 4 rings (SSSR count). The average molecular weight is 372 g/mol. The summed E-state index contributed by atoms with van der Waals surface area (Å²) in [5, 5.41) is 0. The van der Waals surface area contributed by atoms with Crippen LogP contribution in [0.1, 0.15) is 41.3 Å². The van der Waals surface area contributed by atoms with Gasteiger partial charge in [-0.1, -0.05) is 18.2 Å². The van der Waals surface area contributed by atoms with Crippen LogP contribution in [0, 0.1) is 13.8 Å². The Hall–Kier alpha value is -3.41. The molecule has 6 nitrogen and oxygen atoms in total. The van der Waals surface area contributed by atoms with Gasteiger partial charge in [-0.25, -0.2) is 15.0 Å². The molecule has 1 amide bonds. The van der Waals surface area contributed by atoms with Gasteiger partial charge in [0, 0.05) is 18.0 Å². The van der Waals surface area contributed by atoms with Gasteiger partial charge >= 0.3 is 0 Å². The smallest absolute Gasteiger partial charge is 0.242 e. The summed E-state index contributed by atoms with van der Waals surface area (Å²) in [6.45, 7) is 7.46. The summed E-state index contributed by atoms with van der Waals surface area (Å²) in [4.78, 5) is 39.1. The van der Waals surface area contributed by atoms with E-state index in [0.717, 1.165) is 27.9 Å². The molecule has 1 aliphatic heterocycles. The Balaban J connectivity index is 1.89. The Morgan fingerprint density at radius 2 is 1.71 bits per heavy atom. The zero-order valence-electron chi connectivity index (χ0n) is 16.2. The molecule has 140 valence electrons. The molecule has 0 aliphatic carbocycles. The number of aryl methyl sites for hydroxylation is 2. The number of carbonyl (C=O) groups excluding carboxylic acids is 2. The maximum absolute atomic E-state index is 13.2. The fraction of sp³-hybridized carbons (Fsp3) is 0.227. The summed E-state index contributed by atoms with van der Waals surface area (Å²) in [5.41, 5.74) is 3.89. The van der Waals surface area contributed by atoms with Gasteiger partial charge in [-0.2, -0.15) is 0 Å². The first kappa shape index (κ1) is 18.0. The van der Waals surface area contributed by atoms with Crippen LogP contribution in [0.4, 0.5) is 11.5 Å². The number of rotatable bonds is 3. The van der Waals surface area contributed by atoms with E-state index in [9.17, 15) is 9.59 Å². The lowest BCUT2D eigenvalue weighted by Crippen LogP contribution is -2.33. The number of fused-ring (bicyclic) bond motifs is 1. The molecule has 0 atom stereocenters. The minimum Gasteiger partial charge on any atom is -0.296 e. The van der Waals surface area contributed by atoms with Gasteiger partial charge in [-0.05, 0) is 56.5 Å². The first-order valence-electron chi connectivity index (χ1n) is 9.04. The molecule has 3 heterocycles. The normalized spacial score (nSPS) is 14.9. The Bertz CT molecular complexity index is 1100. The average Bonchev–Trinajstić information content (AvgIpc) is 2.88. The van der Waals surface area contributed by atoms with Gasteiger partial charge in [0.1, 0.15) is 17.3 Å². The molecule has 0 fully saturated rings. The zero-order valence-corrected chi connectivity index (χ0v) is 16.2. The molecular weight excluding hydrogens is 352 g/mol. The van der Waals surface area contributed by atoms with Crippen LogP contribution in [0.2, 0.25) is 0 Å². The van der Waals surface area contributed by atoms with E-state index in [0.29, 0.717) is 23.6 Å². The molecule has 2 aromatic heterocycles. The topological polar surface area (TPSA) is 76.1 Å². The molecule has 0 saturated heterocycles. The van der Waals surface area contributed by atoms with Crippen molar-refractivity contribution in [2.45, 2.75) is 33.1 Å². The third-order valence-electron chi connectivity index (χ3n) is 5.23. The van der Waals surface area contributed by atoms with Gasteiger partial charge in [-0.15, -0.1) is 0 Å². The van der Waals surface area contributed by atoms with E-state index >= 15 is 0 Å². The van der Waals surface area contributed by atoms with Crippen molar-refractivity contribution in [3.05, 3.63) is 65.4 Å². The predicted octanol–water partition coefficient (Wildman–Crippen LogP) is 3.92. The van der Waals surface area contributed by atoms with E-state index < -0.39 is 5.41 Å². The summed E-state index contributed by atoms with van der Waals surface area (Å²) in [6.07, 6.45) is 4.25. The highest BCUT2D eigenvalue weighted by Crippen LogP contribution is 2.46. The summed E-state index contributed by atoms with van der Waals surface area (Å²) in [6, 6.07) is 9.48. The molecule has 6 heteroatoms. The minimum atomic E-state index is -0.689. The van der Waals surface area contributed by atoms with E-state index in [1.165, 1.54) is 0 Å². The van der Waals surface area contributed by atoms with Crippen molar-refractivity contribution in [2.24, 2.45) is 0 Å². The third-order valence-corrected chi connectivity index (χ3v) is 5.23. The van der Waals surface area contributed by atoms with Crippen LogP contribution in [0.25, 0.3) is 11.1 Å². The highest BCUT2D eigenvalue weighted by atomic mass is 16.2. The van der Waals surface area contributed by atoms with Crippen molar-refractivity contribution in [1.29, 1.82) is 0 Å². The van der Waals surface area contributed by atoms with E-state index in [4.69, 9.17) is 0 Å². The van der Waals surface area contributed by atoms with Crippen LogP contribution in [-0.2, 0) is 10.2 Å². The maximum atomic E-state index is 13.2. The molecule has 3 aromatic rings. The fourth-order valence-corrected chi connectivity index (χ4v) is 3.48. The molecule has 28 heavy (non-hydrogen) atoms. The van der Waals surface area contributed by atoms with Gasteiger partial charge in [0.05, 0.1) is 11.1 Å². The summed E-state index contributed by atoms with van der Waals surface area (Å²) < 4.78 is 0. The molecule has 0 spiro atoms. The molecule has 1 aromatic carbocycles. The monoisotopic (exact) mass is 372 g/mol.